The Hall–Kier alpha value is 4.49. The van der Waals surface area contributed by atoms with Gasteiger partial charge in [0.25, 0.3) is 0 Å². The summed E-state index contributed by atoms with van der Waals surface area (Å²) in [7, 11) is 15.1. The SMILES string of the molecule is CCO[Si](OCC)(OCC)C1(SSSSC(SSSSC2([Si](OCC)(OCC)OCC)CC3CCC2(CC)C3)(SSSSC2([Si](OCC)(OCC)OCC)CC3CCC2(CC)C3)C(C)CCCC(C)CC)CC2CCC1(CC)C2. The van der Waals surface area contributed by atoms with Gasteiger partial charge in [-0.1, -0.05) is 126 Å². The summed E-state index contributed by atoms with van der Waals surface area (Å²) < 4.78 is 62.1. The van der Waals surface area contributed by atoms with E-state index in [0.29, 0.717) is 83.1 Å². The van der Waals surface area contributed by atoms with E-state index in [1.807, 2.05) is 59.0 Å². The van der Waals surface area contributed by atoms with Crippen molar-refractivity contribution in [2.75, 3.05) is 59.5 Å². The van der Waals surface area contributed by atoms with Gasteiger partial charge in [0.05, 0.1) is 0 Å². The monoisotopic (exact) mass is 1380 g/mol. The lowest BCUT2D eigenvalue weighted by Crippen LogP contribution is -2.68. The normalized spacial score (nSPS) is 32.9. The minimum atomic E-state index is -3.17. The molecule has 0 saturated heterocycles. The zero-order chi connectivity index (χ0) is 57.5. The third-order valence-electron chi connectivity index (χ3n) is 19.7. The maximum absolute atomic E-state index is 7.00. The van der Waals surface area contributed by atoms with Crippen molar-refractivity contribution in [3.63, 3.8) is 0 Å². The number of hydrogen-bond acceptors (Lipinski definition) is 21. The quantitative estimate of drug-likeness (QED) is 0.0251. The largest absolute Gasteiger partial charge is 0.519 e. The van der Waals surface area contributed by atoms with Gasteiger partial charge in [0.2, 0.25) is 0 Å². The summed E-state index contributed by atoms with van der Waals surface area (Å²) in [5, 5.41) is 0. The van der Waals surface area contributed by atoms with Crippen molar-refractivity contribution in [1.82, 2.24) is 0 Å². The first-order valence-electron chi connectivity index (χ1n) is 30.9. The van der Waals surface area contributed by atoms with Crippen molar-refractivity contribution in [3.05, 3.63) is 0 Å². The topological polar surface area (TPSA) is 83.1 Å². The highest BCUT2D eigenvalue weighted by molar-refractivity contribution is 9.32. The maximum Gasteiger partial charge on any atom is 0.519 e. The van der Waals surface area contributed by atoms with Crippen LogP contribution in [0.4, 0.5) is 0 Å². The summed E-state index contributed by atoms with van der Waals surface area (Å²) in [6.45, 7) is 39.3. The second-order valence-corrected chi connectivity index (χ2v) is 52.2. The summed E-state index contributed by atoms with van der Waals surface area (Å²) in [4.78, 5) is 0. The Labute approximate surface area is 532 Å². The molecule has 6 fully saturated rings. The molecule has 0 spiro atoms. The van der Waals surface area contributed by atoms with Gasteiger partial charge in [0.15, 0.2) is 0 Å². The van der Waals surface area contributed by atoms with Gasteiger partial charge in [-0.05, 0) is 270 Å². The van der Waals surface area contributed by atoms with Crippen molar-refractivity contribution in [2.24, 2.45) is 45.8 Å². The van der Waals surface area contributed by atoms with E-state index < -0.39 is 26.4 Å². The summed E-state index contributed by atoms with van der Waals surface area (Å²) in [5.74, 6) is 3.18. The van der Waals surface area contributed by atoms with Crippen LogP contribution in [0, 0.1) is 45.8 Å². The predicted octanol–water partition coefficient (Wildman–Crippen LogP) is 21.3. The van der Waals surface area contributed by atoms with Crippen molar-refractivity contribution in [3.8, 4) is 0 Å². The van der Waals surface area contributed by atoms with Gasteiger partial charge in [0, 0.05) is 59.5 Å². The Morgan fingerprint density at radius 1 is 0.392 bits per heavy atom. The van der Waals surface area contributed by atoms with Gasteiger partial charge in [-0.25, -0.2) is 0 Å². The number of fused-ring (bicyclic) bond motifs is 6. The fourth-order valence-electron chi connectivity index (χ4n) is 15.9. The van der Waals surface area contributed by atoms with Crippen molar-refractivity contribution in [1.29, 1.82) is 0 Å². The molecule has 0 heterocycles. The van der Waals surface area contributed by atoms with Gasteiger partial charge in [-0.3, -0.25) is 0 Å². The van der Waals surface area contributed by atoms with Crippen LogP contribution in [0.2, 0.25) is 0 Å². The molecule has 0 N–H and O–H groups in total. The fourth-order valence-corrected chi connectivity index (χ4v) is 64.9. The molecule has 6 rings (SSSR count). The molecular formula is C55H106O9S12Si3. The predicted molar refractivity (Wildman–Crippen MR) is 370 cm³/mol. The summed E-state index contributed by atoms with van der Waals surface area (Å²) in [6.07, 6.45) is 22.9. The second-order valence-electron chi connectivity index (χ2n) is 23.2. The minimum absolute atomic E-state index is 0.132. The first kappa shape index (κ1) is 72.6. The molecule has 9 nitrogen and oxygen atoms in total. The fraction of sp³-hybridized carbons (Fsp3) is 1.00. The van der Waals surface area contributed by atoms with E-state index in [1.165, 1.54) is 83.5 Å². The average Bonchev–Trinajstić information content (AvgIpc) is 4.45. The molecule has 11 unspecified atom stereocenters. The zero-order valence-electron chi connectivity index (χ0n) is 51.3. The Kier molecular flexibility index (Phi) is 30.5. The lowest BCUT2D eigenvalue weighted by molar-refractivity contribution is 0.0347. The average molecular weight is 1380 g/mol. The third-order valence-corrected chi connectivity index (χ3v) is 60.2. The van der Waals surface area contributed by atoms with Gasteiger partial charge < -0.3 is 39.8 Å². The third kappa shape index (κ3) is 14.4. The van der Waals surface area contributed by atoms with Crippen LogP contribution < -0.4 is 0 Å². The van der Waals surface area contributed by atoms with Crippen LogP contribution in [-0.4, -0.2) is 102 Å². The van der Waals surface area contributed by atoms with E-state index in [-0.39, 0.29) is 32.8 Å². The van der Waals surface area contributed by atoms with E-state index in [1.54, 1.807) is 0 Å². The number of rotatable bonds is 45. The van der Waals surface area contributed by atoms with E-state index in [4.69, 9.17) is 39.8 Å². The Balaban J connectivity index is 1.38. The van der Waals surface area contributed by atoms with Crippen molar-refractivity contribution < 1.29 is 39.8 Å². The van der Waals surface area contributed by atoms with Crippen LogP contribution in [0.3, 0.4) is 0 Å². The van der Waals surface area contributed by atoms with E-state index in [0.717, 1.165) is 44.4 Å². The highest BCUT2D eigenvalue weighted by atomic mass is 33.7. The maximum atomic E-state index is 7.00. The van der Waals surface area contributed by atoms with Crippen LogP contribution in [0.15, 0.2) is 0 Å². The molecule has 79 heavy (non-hydrogen) atoms. The van der Waals surface area contributed by atoms with Crippen LogP contribution in [0.1, 0.15) is 226 Å². The smallest absolute Gasteiger partial charge is 0.373 e. The molecule has 0 aromatic carbocycles. The molecular weight excluding hydrogens is 1270 g/mol. The molecule has 24 heteroatoms. The van der Waals surface area contributed by atoms with Crippen molar-refractivity contribution in [2.45, 2.75) is 242 Å². The Bertz CT molecular complexity index is 1590. The molecule has 0 amide bonds. The molecule has 0 aromatic heterocycles. The Morgan fingerprint density at radius 3 is 0.899 bits per heavy atom. The van der Waals surface area contributed by atoms with E-state index in [2.05, 4.69) is 169 Å². The van der Waals surface area contributed by atoms with Crippen LogP contribution in [0.25, 0.3) is 0 Å². The summed E-state index contributed by atoms with van der Waals surface area (Å²) >= 11 is 0. The highest BCUT2D eigenvalue weighted by Crippen LogP contribution is 2.79. The lowest BCUT2D eigenvalue weighted by atomic mass is 9.80. The lowest BCUT2D eigenvalue weighted by Gasteiger charge is -2.52. The molecule has 0 aliphatic heterocycles. The molecule has 11 atom stereocenters. The van der Waals surface area contributed by atoms with Crippen LogP contribution >= 0.6 is 124 Å². The first-order valence-corrected chi connectivity index (χ1v) is 50.6. The van der Waals surface area contributed by atoms with Gasteiger partial charge in [0.1, 0.15) is 16.5 Å². The van der Waals surface area contributed by atoms with Gasteiger partial charge >= 0.3 is 26.4 Å². The van der Waals surface area contributed by atoms with Crippen LogP contribution in [-0.2, 0) is 39.8 Å². The minimum Gasteiger partial charge on any atom is -0.373 e. The Morgan fingerprint density at radius 2 is 0.671 bits per heavy atom. The summed E-state index contributed by atoms with van der Waals surface area (Å²) in [5.41, 5.74) is 0.395. The highest BCUT2D eigenvalue weighted by Gasteiger charge is 2.78. The zero-order valence-corrected chi connectivity index (χ0v) is 64.1. The van der Waals surface area contributed by atoms with Crippen LogP contribution in [0.5, 0.6) is 0 Å². The van der Waals surface area contributed by atoms with E-state index >= 15 is 0 Å². The molecule has 464 valence electrons. The van der Waals surface area contributed by atoms with Crippen molar-refractivity contribution >= 4 is 150 Å². The van der Waals surface area contributed by atoms with Gasteiger partial charge in [-0.15, -0.1) is 0 Å². The molecule has 0 aromatic rings. The second kappa shape index (κ2) is 33.2. The van der Waals surface area contributed by atoms with Gasteiger partial charge in [-0.2, -0.15) is 0 Å². The standard InChI is InChI=1S/C55H106O9S12Si3/c1-16-44(14)30-29-31-45(15)55(68-74-71-65-52(41-46-32-35-49(52,17-2)38-46)77(56-20-5,57-21-6)58-22-7,69-75-72-66-53(42-47-33-36-50(53,18-3)39-47)78(59-23-8,60-24-9)61-25-10)70-76-73-67-54(43-48-34-37-51(54,19-4)40-48)79(62-26-11,63-27-12)64-28-13/h44-48H,16-43H2,1-15H3. The first-order chi connectivity index (χ1) is 38.1. The molecule has 6 aliphatic rings. The van der Waals surface area contributed by atoms with E-state index in [9.17, 15) is 0 Å². The molecule has 6 aliphatic carbocycles. The molecule has 0 radical (unpaired) electrons. The molecule has 6 saturated carbocycles. The summed E-state index contributed by atoms with van der Waals surface area (Å²) in [6, 6.07) is 0. The molecule has 6 bridgehead atoms. The number of hydrogen-bond donors (Lipinski definition) is 0.